The molecule has 2 unspecified atom stereocenters. The van der Waals surface area contributed by atoms with Crippen LogP contribution in [0.2, 0.25) is 0 Å². The van der Waals surface area contributed by atoms with Crippen LogP contribution in [0.4, 0.5) is 22.4 Å². The number of hydrogen-bond acceptors (Lipinski definition) is 5. The summed E-state index contributed by atoms with van der Waals surface area (Å²) in [5.74, 6) is -6.88. The van der Waals surface area contributed by atoms with Gasteiger partial charge in [0.15, 0.2) is 0 Å². The summed E-state index contributed by atoms with van der Waals surface area (Å²) in [6, 6.07) is 15.1. The number of carbonyl (C=O) groups excluding carboxylic acids is 1. The molecule has 1 aliphatic carbocycles. The fraction of sp³-hybridized carbons (Fsp3) is 0.412. The van der Waals surface area contributed by atoms with Gasteiger partial charge >= 0.3 is 6.09 Å². The molecule has 2 fully saturated rings. The molecule has 4 atom stereocenters. The normalized spacial score (nSPS) is 21.9. The fourth-order valence-electron chi connectivity index (χ4n) is 6.84. The van der Waals surface area contributed by atoms with E-state index in [4.69, 9.17) is 0 Å². The van der Waals surface area contributed by atoms with E-state index < -0.39 is 82.4 Å². The number of alkyl halides is 2. The second-order valence-electron chi connectivity index (χ2n) is 12.4. The third-order valence-electron chi connectivity index (χ3n) is 9.25. The van der Waals surface area contributed by atoms with Crippen LogP contribution in [0.5, 0.6) is 0 Å². The number of benzene rings is 3. The maximum atomic E-state index is 15.0. The highest BCUT2D eigenvalue weighted by molar-refractivity contribution is 7.89. The third-order valence-corrected chi connectivity index (χ3v) is 11.2. The van der Waals surface area contributed by atoms with Gasteiger partial charge in [0.25, 0.3) is 5.92 Å². The molecule has 2 amide bonds. The molecule has 1 saturated heterocycles. The molecule has 1 saturated carbocycles. The van der Waals surface area contributed by atoms with Gasteiger partial charge in [-0.1, -0.05) is 42.5 Å². The minimum atomic E-state index is -3.84. The van der Waals surface area contributed by atoms with Crippen LogP contribution in [0.3, 0.4) is 0 Å². The lowest BCUT2D eigenvalue weighted by molar-refractivity contribution is -0.127. The first-order valence-corrected chi connectivity index (χ1v) is 17.1. The van der Waals surface area contributed by atoms with Gasteiger partial charge in [0.2, 0.25) is 15.9 Å². The predicted octanol–water partition coefficient (Wildman–Crippen LogP) is 5.05. The van der Waals surface area contributed by atoms with Crippen molar-refractivity contribution < 1.29 is 40.7 Å². The van der Waals surface area contributed by atoms with Gasteiger partial charge in [-0.3, -0.25) is 9.69 Å². The zero-order chi connectivity index (χ0) is 34.6. The number of likely N-dealkylation sites (N-methyl/N-ethyl adjacent to an activating group) is 1. The standard InChI is InChI=1S/C34H38F4N4O5S/c1-41(33(44)45)31(30(22-7-12-25(35)13-8-22)23-9-14-26(36)15-10-23)32(43)40-29-20-34(37,38)19-24(29)11-16-27-21-39-17-18-42(27)48(46,47)28-5-3-2-4-6-28/h2-10,12-15,24,27,29-31,39H,11,16-21H2,1H3,(H,40,43)(H,44,45)/t24?,27-,29?,31+/m0/s1. The van der Waals surface area contributed by atoms with Crippen molar-refractivity contribution in [2.45, 2.75) is 60.5 Å². The van der Waals surface area contributed by atoms with E-state index in [0.29, 0.717) is 24.2 Å². The Morgan fingerprint density at radius 1 is 0.958 bits per heavy atom. The molecule has 48 heavy (non-hydrogen) atoms. The van der Waals surface area contributed by atoms with Crippen molar-refractivity contribution in [3.8, 4) is 0 Å². The van der Waals surface area contributed by atoms with Gasteiger partial charge in [0.05, 0.1) is 4.90 Å². The summed E-state index contributed by atoms with van der Waals surface area (Å²) in [5.41, 5.74) is 0.711. The van der Waals surface area contributed by atoms with Crippen molar-refractivity contribution in [2.75, 3.05) is 26.7 Å². The number of piperazine rings is 1. The monoisotopic (exact) mass is 690 g/mol. The van der Waals surface area contributed by atoms with Crippen molar-refractivity contribution in [3.63, 3.8) is 0 Å². The second kappa shape index (κ2) is 14.6. The first-order chi connectivity index (χ1) is 22.8. The Balaban J connectivity index is 1.39. The van der Waals surface area contributed by atoms with Crippen molar-refractivity contribution in [3.05, 3.63) is 102 Å². The summed E-state index contributed by atoms with van der Waals surface area (Å²) in [6.07, 6.45) is -2.27. The molecule has 1 aliphatic heterocycles. The lowest BCUT2D eigenvalue weighted by Crippen LogP contribution is -2.54. The van der Waals surface area contributed by atoms with Gasteiger partial charge < -0.3 is 15.7 Å². The van der Waals surface area contributed by atoms with E-state index in [1.54, 1.807) is 18.2 Å². The molecule has 0 aromatic heterocycles. The highest BCUT2D eigenvalue weighted by Gasteiger charge is 2.48. The second-order valence-corrected chi connectivity index (χ2v) is 14.3. The van der Waals surface area contributed by atoms with Crippen LogP contribution in [0.1, 0.15) is 42.7 Å². The molecule has 2 aliphatic rings. The van der Waals surface area contributed by atoms with E-state index in [2.05, 4.69) is 10.6 Å². The lowest BCUT2D eigenvalue weighted by Gasteiger charge is -2.36. The number of carboxylic acid groups (broad SMARTS) is 1. The van der Waals surface area contributed by atoms with E-state index in [9.17, 15) is 40.7 Å². The smallest absolute Gasteiger partial charge is 0.407 e. The minimum Gasteiger partial charge on any atom is -0.465 e. The van der Waals surface area contributed by atoms with Crippen LogP contribution in [0, 0.1) is 17.6 Å². The number of hydrogen-bond donors (Lipinski definition) is 3. The number of amides is 2. The van der Waals surface area contributed by atoms with Crippen LogP contribution in [0.15, 0.2) is 83.8 Å². The highest BCUT2D eigenvalue weighted by atomic mass is 32.2. The number of nitrogens with one attached hydrogen (secondary N) is 2. The van der Waals surface area contributed by atoms with Crippen molar-refractivity contribution in [1.82, 2.24) is 19.8 Å². The molecule has 3 aromatic carbocycles. The largest absolute Gasteiger partial charge is 0.465 e. The molecular formula is C34H38F4N4O5S. The average molecular weight is 691 g/mol. The zero-order valence-electron chi connectivity index (χ0n) is 26.2. The number of carbonyl (C=O) groups is 2. The van der Waals surface area contributed by atoms with Crippen molar-refractivity contribution in [1.29, 1.82) is 0 Å². The SMILES string of the molecule is CN(C(=O)O)[C@@H](C(=O)NC1CC(F)(F)CC1CC[C@H]1CNCCN1S(=O)(=O)c1ccccc1)C(c1ccc(F)cc1)c1ccc(F)cc1. The topological polar surface area (TPSA) is 119 Å². The van der Waals surface area contributed by atoms with Crippen LogP contribution in [0.25, 0.3) is 0 Å². The molecule has 5 rings (SSSR count). The van der Waals surface area contributed by atoms with Crippen LogP contribution >= 0.6 is 0 Å². The molecular weight excluding hydrogens is 652 g/mol. The first-order valence-electron chi connectivity index (χ1n) is 15.7. The molecule has 0 radical (unpaired) electrons. The summed E-state index contributed by atoms with van der Waals surface area (Å²) in [5, 5.41) is 15.9. The maximum absolute atomic E-state index is 15.0. The number of halogens is 4. The highest BCUT2D eigenvalue weighted by Crippen LogP contribution is 2.42. The maximum Gasteiger partial charge on any atom is 0.407 e. The summed E-state index contributed by atoms with van der Waals surface area (Å²) in [4.78, 5) is 27.2. The molecule has 3 N–H and O–H groups in total. The Hall–Kier alpha value is -4.01. The van der Waals surface area contributed by atoms with Gasteiger partial charge in [-0.15, -0.1) is 0 Å². The Kier molecular flexibility index (Phi) is 10.8. The van der Waals surface area contributed by atoms with Crippen molar-refractivity contribution in [2.24, 2.45) is 5.92 Å². The first kappa shape index (κ1) is 35.3. The quantitative estimate of drug-likeness (QED) is 0.243. The van der Waals surface area contributed by atoms with E-state index in [-0.39, 0.29) is 24.3 Å². The molecule has 258 valence electrons. The van der Waals surface area contributed by atoms with Gasteiger partial charge in [0, 0.05) is 57.5 Å². The fourth-order valence-corrected chi connectivity index (χ4v) is 8.52. The summed E-state index contributed by atoms with van der Waals surface area (Å²) >= 11 is 0. The molecule has 1 heterocycles. The summed E-state index contributed by atoms with van der Waals surface area (Å²) < 4.78 is 86.0. The zero-order valence-corrected chi connectivity index (χ0v) is 27.1. The lowest BCUT2D eigenvalue weighted by atomic mass is 9.83. The van der Waals surface area contributed by atoms with Crippen LogP contribution < -0.4 is 10.6 Å². The van der Waals surface area contributed by atoms with E-state index >= 15 is 0 Å². The van der Waals surface area contributed by atoms with E-state index in [1.807, 2.05) is 0 Å². The van der Waals surface area contributed by atoms with Crippen LogP contribution in [-0.4, -0.2) is 85.5 Å². The van der Waals surface area contributed by atoms with Gasteiger partial charge in [0.1, 0.15) is 17.7 Å². The predicted molar refractivity (Wildman–Crippen MR) is 170 cm³/mol. The Bertz CT molecular complexity index is 1630. The molecule has 3 aromatic rings. The Morgan fingerprint density at radius 3 is 2.10 bits per heavy atom. The number of sulfonamides is 1. The van der Waals surface area contributed by atoms with Gasteiger partial charge in [-0.25, -0.2) is 30.8 Å². The van der Waals surface area contributed by atoms with Gasteiger partial charge in [-0.05, 0) is 66.3 Å². The summed E-state index contributed by atoms with van der Waals surface area (Å²) in [6.45, 7) is 0.972. The third kappa shape index (κ3) is 7.99. The average Bonchev–Trinajstić information content (AvgIpc) is 3.36. The van der Waals surface area contributed by atoms with Crippen LogP contribution in [-0.2, 0) is 14.8 Å². The summed E-state index contributed by atoms with van der Waals surface area (Å²) in [7, 11) is -2.67. The Labute approximate surface area is 277 Å². The van der Waals surface area contributed by atoms with E-state index in [0.717, 1.165) is 29.2 Å². The molecule has 0 bridgehead atoms. The van der Waals surface area contributed by atoms with E-state index in [1.165, 1.54) is 47.8 Å². The molecule has 0 spiro atoms. The van der Waals surface area contributed by atoms with Crippen molar-refractivity contribution >= 4 is 22.0 Å². The minimum absolute atomic E-state index is 0.139. The molecule has 9 nitrogen and oxygen atoms in total. The van der Waals surface area contributed by atoms with Gasteiger partial charge in [-0.2, -0.15) is 4.31 Å². The number of nitrogens with zero attached hydrogens (tertiary/aromatic N) is 2. The number of rotatable bonds is 11. The molecule has 14 heteroatoms. The Morgan fingerprint density at radius 2 is 1.54 bits per heavy atom.